The predicted molar refractivity (Wildman–Crippen MR) is 77.8 cm³/mol. The van der Waals surface area contributed by atoms with E-state index in [0.29, 0.717) is 16.5 Å². The molecule has 1 aromatic heterocycles. The van der Waals surface area contributed by atoms with Crippen LogP contribution in [0.3, 0.4) is 0 Å². The highest BCUT2D eigenvalue weighted by Gasteiger charge is 2.19. The third-order valence-corrected chi connectivity index (χ3v) is 4.20. The van der Waals surface area contributed by atoms with Gasteiger partial charge in [0.25, 0.3) is 0 Å². The zero-order valence-electron chi connectivity index (χ0n) is 11.1. The van der Waals surface area contributed by atoms with Crippen molar-refractivity contribution in [3.63, 3.8) is 0 Å². The van der Waals surface area contributed by atoms with E-state index in [1.165, 1.54) is 0 Å². The van der Waals surface area contributed by atoms with Gasteiger partial charge in [-0.05, 0) is 25.5 Å². The Balaban J connectivity index is 2.31. The van der Waals surface area contributed by atoms with E-state index in [-0.39, 0.29) is 0 Å². The van der Waals surface area contributed by atoms with E-state index in [1.54, 1.807) is 10.7 Å². The van der Waals surface area contributed by atoms with Crippen LogP contribution in [-0.2, 0) is 13.5 Å². The quantitative estimate of drug-likeness (QED) is 0.940. The molecule has 1 N–H and O–H groups in total. The summed E-state index contributed by atoms with van der Waals surface area (Å²) in [5.41, 5.74) is 3.50. The van der Waals surface area contributed by atoms with Gasteiger partial charge in [-0.1, -0.05) is 35.3 Å². The molecule has 3 nitrogen and oxygen atoms in total. The van der Waals surface area contributed by atoms with E-state index in [4.69, 9.17) is 23.2 Å². The lowest BCUT2D eigenvalue weighted by Crippen LogP contribution is -2.05. The van der Waals surface area contributed by atoms with E-state index in [2.05, 4.69) is 5.10 Å². The lowest BCUT2D eigenvalue weighted by molar-refractivity contribution is 0.177. The smallest absolute Gasteiger partial charge is 0.0866 e. The zero-order valence-corrected chi connectivity index (χ0v) is 12.6. The molecular weight excluding hydrogens is 283 g/mol. The van der Waals surface area contributed by atoms with Gasteiger partial charge in [0.15, 0.2) is 0 Å². The van der Waals surface area contributed by atoms with Crippen molar-refractivity contribution < 1.29 is 5.11 Å². The van der Waals surface area contributed by atoms with E-state index in [9.17, 15) is 5.11 Å². The Morgan fingerprint density at radius 3 is 2.58 bits per heavy atom. The largest absolute Gasteiger partial charge is 0.388 e. The summed E-state index contributed by atoms with van der Waals surface area (Å²) >= 11 is 12.1. The lowest BCUT2D eigenvalue weighted by Gasteiger charge is -2.13. The molecule has 0 aliphatic heterocycles. The number of halogens is 2. The Bertz CT molecular complexity index is 608. The third-order valence-electron chi connectivity index (χ3n) is 3.34. The highest BCUT2D eigenvalue weighted by atomic mass is 35.5. The monoisotopic (exact) mass is 298 g/mol. The van der Waals surface area contributed by atoms with Crippen molar-refractivity contribution in [3.8, 4) is 0 Å². The molecule has 0 spiro atoms. The third kappa shape index (κ3) is 2.78. The minimum absolute atomic E-state index is 0.423. The normalized spacial score (nSPS) is 12.7. The average Bonchev–Trinajstić information content (AvgIpc) is 2.59. The summed E-state index contributed by atoms with van der Waals surface area (Å²) in [5, 5.41) is 15.7. The molecule has 0 amide bonds. The fraction of sp³-hybridized carbons (Fsp3) is 0.357. The van der Waals surface area contributed by atoms with Crippen LogP contribution in [-0.4, -0.2) is 14.9 Å². The molecule has 0 saturated heterocycles. The van der Waals surface area contributed by atoms with Crippen LogP contribution in [0.4, 0.5) is 0 Å². The first kappa shape index (κ1) is 14.4. The highest BCUT2D eigenvalue weighted by molar-refractivity contribution is 6.42. The molecule has 19 heavy (non-hydrogen) atoms. The van der Waals surface area contributed by atoms with Gasteiger partial charge in [-0.3, -0.25) is 4.68 Å². The topological polar surface area (TPSA) is 38.0 Å². The molecule has 0 fully saturated rings. The molecule has 1 atom stereocenters. The van der Waals surface area contributed by atoms with Crippen molar-refractivity contribution in [2.45, 2.75) is 26.4 Å². The average molecular weight is 299 g/mol. The van der Waals surface area contributed by atoms with Gasteiger partial charge < -0.3 is 5.11 Å². The summed E-state index contributed by atoms with van der Waals surface area (Å²) in [4.78, 5) is 0. The summed E-state index contributed by atoms with van der Waals surface area (Å²) in [6.07, 6.45) is -0.211. The van der Waals surface area contributed by atoms with Crippen molar-refractivity contribution in [3.05, 3.63) is 50.8 Å². The zero-order chi connectivity index (χ0) is 14.2. The van der Waals surface area contributed by atoms with Crippen LogP contribution in [0.25, 0.3) is 0 Å². The second-order valence-corrected chi connectivity index (χ2v) is 5.43. The van der Waals surface area contributed by atoms with Gasteiger partial charge in [0.2, 0.25) is 0 Å². The molecule has 2 rings (SSSR count). The highest BCUT2D eigenvalue weighted by Crippen LogP contribution is 2.30. The van der Waals surface area contributed by atoms with Crippen molar-refractivity contribution in [1.29, 1.82) is 0 Å². The Labute approximate surface area is 122 Å². The van der Waals surface area contributed by atoms with Crippen LogP contribution in [0, 0.1) is 13.8 Å². The summed E-state index contributed by atoms with van der Waals surface area (Å²) in [5.74, 6) is 0. The lowest BCUT2D eigenvalue weighted by atomic mass is 10.00. The maximum atomic E-state index is 10.4. The van der Waals surface area contributed by atoms with Gasteiger partial charge >= 0.3 is 0 Å². The maximum Gasteiger partial charge on any atom is 0.0866 e. The Kier molecular flexibility index (Phi) is 4.19. The Morgan fingerprint density at radius 1 is 1.32 bits per heavy atom. The predicted octanol–water partition coefficient (Wildman–Crippen LogP) is 3.62. The van der Waals surface area contributed by atoms with Gasteiger partial charge in [-0.15, -0.1) is 0 Å². The molecule has 0 aliphatic carbocycles. The van der Waals surface area contributed by atoms with Crippen LogP contribution >= 0.6 is 23.2 Å². The van der Waals surface area contributed by atoms with Gasteiger partial charge in [-0.2, -0.15) is 5.10 Å². The Morgan fingerprint density at radius 2 is 2.00 bits per heavy atom. The number of aliphatic hydroxyl groups excluding tert-OH is 1. The number of aromatic nitrogens is 2. The summed E-state index contributed by atoms with van der Waals surface area (Å²) in [7, 11) is 1.87. The van der Waals surface area contributed by atoms with Crippen LogP contribution < -0.4 is 0 Å². The number of hydrogen-bond donors (Lipinski definition) is 1. The fourth-order valence-corrected chi connectivity index (χ4v) is 2.69. The van der Waals surface area contributed by atoms with Gasteiger partial charge in [0, 0.05) is 24.7 Å². The van der Waals surface area contributed by atoms with Gasteiger partial charge in [0.05, 0.1) is 21.8 Å². The van der Waals surface area contributed by atoms with Crippen molar-refractivity contribution in [2.75, 3.05) is 0 Å². The number of aryl methyl sites for hydroxylation is 2. The summed E-state index contributed by atoms with van der Waals surface area (Å²) in [6.45, 7) is 3.84. The molecule has 0 saturated carbocycles. The number of rotatable bonds is 3. The number of benzene rings is 1. The molecular formula is C14H16Cl2N2O. The first-order valence-corrected chi connectivity index (χ1v) is 6.78. The second kappa shape index (κ2) is 5.53. The van der Waals surface area contributed by atoms with E-state index in [0.717, 1.165) is 22.5 Å². The second-order valence-electron chi connectivity index (χ2n) is 4.64. The SMILES string of the molecule is Cc1nn(C)c(C)c1C(O)Cc1cccc(Cl)c1Cl. The van der Waals surface area contributed by atoms with Crippen molar-refractivity contribution >= 4 is 23.2 Å². The summed E-state index contributed by atoms with van der Waals surface area (Å²) < 4.78 is 1.77. The molecule has 0 aliphatic rings. The Hall–Kier alpha value is -1.03. The van der Waals surface area contributed by atoms with Crippen molar-refractivity contribution in [1.82, 2.24) is 9.78 Å². The van der Waals surface area contributed by atoms with Crippen LogP contribution in [0.1, 0.15) is 28.6 Å². The summed E-state index contributed by atoms with van der Waals surface area (Å²) in [6, 6.07) is 5.44. The molecule has 1 heterocycles. The van der Waals surface area contributed by atoms with E-state index in [1.807, 2.05) is 33.0 Å². The number of aliphatic hydroxyl groups is 1. The fourth-order valence-electron chi connectivity index (χ4n) is 2.29. The molecule has 0 radical (unpaired) electrons. The molecule has 5 heteroatoms. The van der Waals surface area contributed by atoms with Crippen molar-refractivity contribution in [2.24, 2.45) is 7.05 Å². The molecule has 102 valence electrons. The molecule has 1 aromatic carbocycles. The number of nitrogens with zero attached hydrogens (tertiary/aromatic N) is 2. The standard InChI is InChI=1S/C14H16Cl2N2O/c1-8-13(9(2)18(3)17-8)12(19)7-10-5-4-6-11(15)14(10)16/h4-6,12,19H,7H2,1-3H3. The number of hydrogen-bond acceptors (Lipinski definition) is 2. The first-order valence-electron chi connectivity index (χ1n) is 6.03. The molecule has 1 unspecified atom stereocenters. The van der Waals surface area contributed by atoms with Gasteiger partial charge in [0.1, 0.15) is 0 Å². The van der Waals surface area contributed by atoms with E-state index >= 15 is 0 Å². The minimum atomic E-state index is -0.635. The van der Waals surface area contributed by atoms with E-state index < -0.39 is 6.10 Å². The minimum Gasteiger partial charge on any atom is -0.388 e. The van der Waals surface area contributed by atoms with Crippen LogP contribution in [0.2, 0.25) is 10.0 Å². The molecule has 2 aromatic rings. The van der Waals surface area contributed by atoms with Crippen LogP contribution in [0.15, 0.2) is 18.2 Å². The van der Waals surface area contributed by atoms with Gasteiger partial charge in [-0.25, -0.2) is 0 Å². The van der Waals surface area contributed by atoms with Crippen LogP contribution in [0.5, 0.6) is 0 Å². The maximum absolute atomic E-state index is 10.4. The molecule has 0 bridgehead atoms. The first-order chi connectivity index (χ1) is 8.91.